The van der Waals surface area contributed by atoms with Gasteiger partial charge in [0.05, 0.1) is 0 Å². The summed E-state index contributed by atoms with van der Waals surface area (Å²) < 4.78 is 1.99. The van der Waals surface area contributed by atoms with Gasteiger partial charge in [-0.05, 0) is 24.1 Å². The van der Waals surface area contributed by atoms with Crippen molar-refractivity contribution < 1.29 is 4.79 Å². The molecule has 162 valence electrons. The number of pyridine rings is 1. The van der Waals surface area contributed by atoms with E-state index in [1.54, 1.807) is 7.05 Å². The van der Waals surface area contributed by atoms with Gasteiger partial charge in [0.2, 0.25) is 5.91 Å². The van der Waals surface area contributed by atoms with Gasteiger partial charge in [-0.3, -0.25) is 14.2 Å². The highest BCUT2D eigenvalue weighted by Gasteiger charge is 2.29. The molecule has 2 N–H and O–H groups in total. The Morgan fingerprint density at radius 3 is 2.77 bits per heavy atom. The van der Waals surface area contributed by atoms with Gasteiger partial charge >= 0.3 is 0 Å². The van der Waals surface area contributed by atoms with E-state index >= 15 is 0 Å². The number of benzene rings is 1. The second-order valence-corrected chi connectivity index (χ2v) is 7.82. The van der Waals surface area contributed by atoms with Crippen LogP contribution in [-0.2, 0) is 17.6 Å². The van der Waals surface area contributed by atoms with Crippen LogP contribution in [0.2, 0.25) is 0 Å². The van der Waals surface area contributed by atoms with E-state index in [1.807, 2.05) is 51.9 Å². The Hall–Kier alpha value is -3.42. The van der Waals surface area contributed by atoms with Crippen LogP contribution in [0.5, 0.6) is 0 Å². The van der Waals surface area contributed by atoms with Crippen LogP contribution in [0, 0.1) is 5.92 Å². The first-order chi connectivity index (χ1) is 15.2. The van der Waals surface area contributed by atoms with E-state index in [-0.39, 0.29) is 5.91 Å². The molecule has 1 aliphatic rings. The van der Waals surface area contributed by atoms with Crippen molar-refractivity contribution in [3.8, 4) is 0 Å². The molecule has 1 aromatic carbocycles. The predicted molar refractivity (Wildman–Crippen MR) is 121 cm³/mol. The minimum absolute atomic E-state index is 0.240. The summed E-state index contributed by atoms with van der Waals surface area (Å²) in [5.74, 6) is 2.18. The van der Waals surface area contributed by atoms with Crippen molar-refractivity contribution in [3.63, 3.8) is 0 Å². The SMILES string of the molecule is CN=C(NCCc1nnc2ccccn12)NCC1CC(=O)N(CCc2ccccc2)C1. The monoisotopic (exact) mass is 419 g/mol. The number of guanidine groups is 1. The molecule has 3 aromatic rings. The van der Waals surface area contributed by atoms with Crippen molar-refractivity contribution >= 4 is 17.5 Å². The average Bonchev–Trinajstić information content (AvgIpc) is 3.38. The van der Waals surface area contributed by atoms with E-state index in [4.69, 9.17) is 0 Å². The summed E-state index contributed by atoms with van der Waals surface area (Å²) >= 11 is 0. The standard InChI is InChI=1S/C23H29N7O/c1-24-23(25-12-10-21-28-27-20-9-5-6-13-30(20)21)26-16-19-15-22(31)29(17-19)14-11-18-7-3-2-4-8-18/h2-9,13,19H,10-12,14-17H2,1H3,(H2,24,25,26). The molecule has 0 bridgehead atoms. The molecule has 0 radical (unpaired) electrons. The first-order valence-electron chi connectivity index (χ1n) is 10.8. The zero-order valence-electron chi connectivity index (χ0n) is 17.9. The molecule has 31 heavy (non-hydrogen) atoms. The zero-order chi connectivity index (χ0) is 21.5. The van der Waals surface area contributed by atoms with Crippen molar-refractivity contribution in [1.82, 2.24) is 30.1 Å². The Bertz CT molecular complexity index is 1030. The fraction of sp³-hybridized carbons (Fsp3) is 0.391. The number of aromatic nitrogens is 3. The molecule has 1 amide bonds. The van der Waals surface area contributed by atoms with Crippen LogP contribution < -0.4 is 10.6 Å². The molecule has 1 saturated heterocycles. The van der Waals surface area contributed by atoms with Gasteiger partial charge in [0.15, 0.2) is 11.6 Å². The van der Waals surface area contributed by atoms with Gasteiger partial charge in [-0.2, -0.15) is 0 Å². The summed E-state index contributed by atoms with van der Waals surface area (Å²) in [6, 6.07) is 16.2. The van der Waals surface area contributed by atoms with Gasteiger partial charge < -0.3 is 15.5 Å². The highest BCUT2D eigenvalue weighted by Crippen LogP contribution is 2.17. The smallest absolute Gasteiger partial charge is 0.223 e. The molecule has 4 rings (SSSR count). The molecular weight excluding hydrogens is 390 g/mol. The number of amides is 1. The lowest BCUT2D eigenvalue weighted by atomic mass is 10.1. The lowest BCUT2D eigenvalue weighted by Crippen LogP contribution is -2.41. The van der Waals surface area contributed by atoms with Crippen molar-refractivity contribution in [3.05, 3.63) is 66.1 Å². The third-order valence-corrected chi connectivity index (χ3v) is 5.61. The van der Waals surface area contributed by atoms with Gasteiger partial charge in [-0.1, -0.05) is 36.4 Å². The quantitative estimate of drug-likeness (QED) is 0.427. The molecule has 2 aromatic heterocycles. The number of rotatable bonds is 8. The number of hydrogen-bond acceptors (Lipinski definition) is 4. The van der Waals surface area contributed by atoms with E-state index in [1.165, 1.54) is 5.56 Å². The molecule has 8 nitrogen and oxygen atoms in total. The Balaban J connectivity index is 1.19. The van der Waals surface area contributed by atoms with Crippen LogP contribution in [-0.4, -0.2) is 64.6 Å². The molecule has 0 saturated carbocycles. The molecule has 0 aliphatic carbocycles. The van der Waals surface area contributed by atoms with Gasteiger partial charge in [-0.25, -0.2) is 0 Å². The topological polar surface area (TPSA) is 86.9 Å². The molecule has 1 atom stereocenters. The van der Waals surface area contributed by atoms with Crippen molar-refractivity contribution in [1.29, 1.82) is 0 Å². The summed E-state index contributed by atoms with van der Waals surface area (Å²) in [6.45, 7) is 2.99. The molecule has 8 heteroatoms. The maximum absolute atomic E-state index is 12.4. The van der Waals surface area contributed by atoms with Crippen LogP contribution >= 0.6 is 0 Å². The van der Waals surface area contributed by atoms with E-state index in [9.17, 15) is 4.79 Å². The summed E-state index contributed by atoms with van der Waals surface area (Å²) in [5.41, 5.74) is 2.12. The second kappa shape index (κ2) is 10.1. The number of nitrogens with zero attached hydrogens (tertiary/aromatic N) is 5. The van der Waals surface area contributed by atoms with E-state index < -0.39 is 0 Å². The molecule has 1 fully saturated rings. The van der Waals surface area contributed by atoms with Gasteiger partial charge in [0.25, 0.3) is 0 Å². The van der Waals surface area contributed by atoms with Crippen LogP contribution in [0.4, 0.5) is 0 Å². The number of likely N-dealkylation sites (tertiary alicyclic amines) is 1. The first-order valence-corrected chi connectivity index (χ1v) is 10.8. The highest BCUT2D eigenvalue weighted by molar-refractivity contribution is 5.80. The van der Waals surface area contributed by atoms with E-state index in [2.05, 4.69) is 38.0 Å². The summed E-state index contributed by atoms with van der Waals surface area (Å²) in [6.07, 6.45) is 4.19. The number of aliphatic imine (C=N–C) groups is 1. The van der Waals surface area contributed by atoms with Gasteiger partial charge in [0, 0.05) is 58.2 Å². The Morgan fingerprint density at radius 1 is 1.10 bits per heavy atom. The Labute approximate surface area is 182 Å². The molecule has 3 heterocycles. The lowest BCUT2D eigenvalue weighted by Gasteiger charge is -2.18. The van der Waals surface area contributed by atoms with Crippen LogP contribution in [0.1, 0.15) is 17.8 Å². The van der Waals surface area contributed by atoms with Gasteiger partial charge in [-0.15, -0.1) is 10.2 Å². The first kappa shape index (κ1) is 20.8. The number of carbonyl (C=O) groups is 1. The average molecular weight is 420 g/mol. The zero-order valence-corrected chi connectivity index (χ0v) is 17.9. The Kier molecular flexibility index (Phi) is 6.76. The third-order valence-electron chi connectivity index (χ3n) is 5.61. The van der Waals surface area contributed by atoms with Crippen molar-refractivity contribution in [2.75, 3.05) is 33.2 Å². The number of fused-ring (bicyclic) bond motifs is 1. The maximum atomic E-state index is 12.4. The second-order valence-electron chi connectivity index (χ2n) is 7.82. The fourth-order valence-electron chi connectivity index (χ4n) is 3.93. The number of hydrogen-bond donors (Lipinski definition) is 2. The van der Waals surface area contributed by atoms with Crippen molar-refractivity contribution in [2.24, 2.45) is 10.9 Å². The normalized spacial score (nSPS) is 16.8. The largest absolute Gasteiger partial charge is 0.356 e. The van der Waals surface area contributed by atoms with Gasteiger partial charge in [0.1, 0.15) is 5.82 Å². The summed E-state index contributed by atoms with van der Waals surface area (Å²) in [7, 11) is 1.76. The predicted octanol–water partition coefficient (Wildman–Crippen LogP) is 1.53. The van der Waals surface area contributed by atoms with E-state index in [0.29, 0.717) is 18.9 Å². The fourth-order valence-corrected chi connectivity index (χ4v) is 3.93. The summed E-state index contributed by atoms with van der Waals surface area (Å²) in [5, 5.41) is 15.1. The molecule has 0 spiro atoms. The summed E-state index contributed by atoms with van der Waals surface area (Å²) in [4.78, 5) is 18.6. The Morgan fingerprint density at radius 2 is 1.94 bits per heavy atom. The number of nitrogens with one attached hydrogen (secondary N) is 2. The van der Waals surface area contributed by atoms with Crippen LogP contribution in [0.15, 0.2) is 59.7 Å². The van der Waals surface area contributed by atoms with Crippen LogP contribution in [0.25, 0.3) is 5.65 Å². The molecule has 1 unspecified atom stereocenters. The molecule has 1 aliphatic heterocycles. The highest BCUT2D eigenvalue weighted by atomic mass is 16.2. The maximum Gasteiger partial charge on any atom is 0.223 e. The number of carbonyl (C=O) groups excluding carboxylic acids is 1. The van der Waals surface area contributed by atoms with Crippen molar-refractivity contribution in [2.45, 2.75) is 19.3 Å². The van der Waals surface area contributed by atoms with E-state index in [0.717, 1.165) is 49.9 Å². The van der Waals surface area contributed by atoms with Crippen LogP contribution in [0.3, 0.4) is 0 Å². The molecular formula is C23H29N7O. The minimum atomic E-state index is 0.240. The lowest BCUT2D eigenvalue weighted by molar-refractivity contribution is -0.127. The third kappa shape index (κ3) is 5.39. The minimum Gasteiger partial charge on any atom is -0.356 e.